The zero-order valence-corrected chi connectivity index (χ0v) is 19.3. The summed E-state index contributed by atoms with van der Waals surface area (Å²) < 4.78 is 0.815. The maximum Gasteiger partial charge on any atom is 0.293 e. The highest BCUT2D eigenvalue weighted by Gasteiger charge is 2.35. The number of aromatic nitrogens is 1. The predicted octanol–water partition coefficient (Wildman–Crippen LogP) is 6.98. The Labute approximate surface area is 196 Å². The number of hydrogen-bond donors (Lipinski definition) is 0. The predicted molar refractivity (Wildman–Crippen MR) is 126 cm³/mol. The number of thiazole rings is 1. The smallest absolute Gasteiger partial charge is 0.268 e. The van der Waals surface area contributed by atoms with Crippen LogP contribution in [0.1, 0.15) is 16.0 Å². The number of rotatable bonds is 6. The van der Waals surface area contributed by atoms with Crippen molar-refractivity contribution in [3.8, 4) is 0 Å². The van der Waals surface area contributed by atoms with Crippen LogP contribution in [0.4, 0.5) is 4.79 Å². The lowest BCUT2D eigenvalue weighted by Crippen LogP contribution is -2.27. The highest BCUT2D eigenvalue weighted by Crippen LogP contribution is 2.38. The molecule has 4 rings (SSSR count). The van der Waals surface area contributed by atoms with Crippen LogP contribution in [-0.4, -0.2) is 21.0 Å². The molecule has 0 bridgehead atoms. The average molecular weight is 493 g/mol. The van der Waals surface area contributed by atoms with Crippen LogP contribution in [0.3, 0.4) is 0 Å². The zero-order valence-electron chi connectivity index (χ0n) is 15.4. The van der Waals surface area contributed by atoms with Gasteiger partial charge in [-0.2, -0.15) is 0 Å². The highest BCUT2D eigenvalue weighted by atomic mass is 35.5. The first-order valence-corrected chi connectivity index (χ1v) is 12.2. The first kappa shape index (κ1) is 21.5. The molecule has 152 valence electrons. The van der Waals surface area contributed by atoms with Crippen LogP contribution in [0.25, 0.3) is 6.08 Å². The van der Waals surface area contributed by atoms with E-state index in [-0.39, 0.29) is 17.7 Å². The first-order valence-electron chi connectivity index (χ1n) is 8.82. The summed E-state index contributed by atoms with van der Waals surface area (Å²) >= 11 is 16.1. The van der Waals surface area contributed by atoms with Gasteiger partial charge in [-0.15, -0.1) is 11.3 Å². The number of hydrogen-bond acceptors (Lipinski definition) is 6. The molecule has 0 unspecified atom stereocenters. The molecule has 3 aromatic rings. The van der Waals surface area contributed by atoms with Crippen LogP contribution >= 0.6 is 58.1 Å². The second kappa shape index (κ2) is 9.58. The van der Waals surface area contributed by atoms with Crippen molar-refractivity contribution in [3.63, 3.8) is 0 Å². The van der Waals surface area contributed by atoms with Gasteiger partial charge in [0.15, 0.2) is 4.34 Å². The number of halogens is 2. The van der Waals surface area contributed by atoms with Crippen molar-refractivity contribution in [1.82, 2.24) is 9.88 Å². The van der Waals surface area contributed by atoms with E-state index in [4.69, 9.17) is 23.2 Å². The van der Waals surface area contributed by atoms with E-state index in [1.54, 1.807) is 42.1 Å². The van der Waals surface area contributed by atoms with Crippen molar-refractivity contribution >= 4 is 75.3 Å². The van der Waals surface area contributed by atoms with Crippen molar-refractivity contribution in [2.75, 3.05) is 0 Å². The molecule has 0 radical (unpaired) electrons. The minimum absolute atomic E-state index is 0.202. The lowest BCUT2D eigenvalue weighted by molar-refractivity contribution is -0.123. The van der Waals surface area contributed by atoms with E-state index >= 15 is 0 Å². The Hall–Kier alpha value is -1.77. The molecule has 0 aliphatic carbocycles. The zero-order chi connectivity index (χ0) is 21.1. The number of nitrogens with zero attached hydrogens (tertiary/aromatic N) is 2. The van der Waals surface area contributed by atoms with Crippen LogP contribution < -0.4 is 0 Å². The van der Waals surface area contributed by atoms with E-state index in [1.807, 2.05) is 18.2 Å². The summed E-state index contributed by atoms with van der Waals surface area (Å²) in [6.45, 7) is 0.202. The van der Waals surface area contributed by atoms with Gasteiger partial charge in [0, 0.05) is 10.8 Å². The molecule has 0 N–H and O–H groups in total. The second-order valence-corrected chi connectivity index (χ2v) is 10.3. The van der Waals surface area contributed by atoms with Gasteiger partial charge in [-0.3, -0.25) is 14.5 Å². The Balaban J connectivity index is 1.46. The largest absolute Gasteiger partial charge is 0.293 e. The molecule has 2 heterocycles. The number of carbonyl (C=O) groups excluding carboxylic acids is 2. The molecule has 4 nitrogen and oxygen atoms in total. The Morgan fingerprint density at radius 2 is 1.73 bits per heavy atom. The molecule has 0 spiro atoms. The van der Waals surface area contributed by atoms with Gasteiger partial charge in [0.1, 0.15) is 5.15 Å². The van der Waals surface area contributed by atoms with Gasteiger partial charge >= 0.3 is 0 Å². The summed E-state index contributed by atoms with van der Waals surface area (Å²) in [5.41, 5.74) is 2.03. The minimum Gasteiger partial charge on any atom is -0.268 e. The number of thioether (sulfide) groups is 2. The van der Waals surface area contributed by atoms with Crippen LogP contribution in [0.2, 0.25) is 10.2 Å². The topological polar surface area (TPSA) is 50.3 Å². The third-order valence-electron chi connectivity index (χ3n) is 4.18. The summed E-state index contributed by atoms with van der Waals surface area (Å²) in [6.07, 6.45) is 1.65. The lowest BCUT2D eigenvalue weighted by atomic mass is 10.2. The molecule has 0 saturated carbocycles. The van der Waals surface area contributed by atoms with E-state index in [0.717, 1.165) is 27.4 Å². The molecule has 1 fully saturated rings. The Morgan fingerprint density at radius 3 is 2.47 bits per heavy atom. The van der Waals surface area contributed by atoms with Gasteiger partial charge in [0.25, 0.3) is 11.1 Å². The van der Waals surface area contributed by atoms with Crippen LogP contribution in [0.5, 0.6) is 0 Å². The maximum atomic E-state index is 12.7. The fourth-order valence-electron chi connectivity index (χ4n) is 2.69. The molecule has 1 saturated heterocycles. The normalized spacial score (nSPS) is 15.4. The second-order valence-electron chi connectivity index (χ2n) is 6.30. The fourth-order valence-corrected chi connectivity index (χ4v) is 6.02. The van der Waals surface area contributed by atoms with Crippen molar-refractivity contribution in [1.29, 1.82) is 0 Å². The molecule has 30 heavy (non-hydrogen) atoms. The van der Waals surface area contributed by atoms with E-state index in [2.05, 4.69) is 17.1 Å². The molecular weight excluding hydrogens is 479 g/mol. The highest BCUT2D eigenvalue weighted by molar-refractivity contribution is 8.18. The van der Waals surface area contributed by atoms with Crippen LogP contribution in [-0.2, 0) is 17.1 Å². The van der Waals surface area contributed by atoms with E-state index in [9.17, 15) is 9.59 Å². The van der Waals surface area contributed by atoms with Gasteiger partial charge in [-0.05, 0) is 41.1 Å². The SMILES string of the molecule is O=C1S/C(=C\c2sc(SCc3ccccc3)nc2Cl)C(=O)N1Cc1ccc(Cl)cc1. The summed E-state index contributed by atoms with van der Waals surface area (Å²) in [6, 6.07) is 17.1. The lowest BCUT2D eigenvalue weighted by Gasteiger charge is -2.12. The van der Waals surface area contributed by atoms with Gasteiger partial charge in [0.2, 0.25) is 0 Å². The quantitative estimate of drug-likeness (QED) is 0.274. The van der Waals surface area contributed by atoms with E-state index < -0.39 is 0 Å². The van der Waals surface area contributed by atoms with Crippen LogP contribution in [0.15, 0.2) is 63.8 Å². The standard InChI is InChI=1S/C21H14Cl2N2O2S3/c22-15-8-6-13(7-9-15)11-25-19(26)17(30-21(25)27)10-16-18(23)24-20(29-16)28-12-14-4-2-1-3-5-14/h1-10H,11-12H2/b17-10-. The number of benzene rings is 2. The summed E-state index contributed by atoms with van der Waals surface area (Å²) in [4.78, 5) is 31.7. The molecule has 2 amide bonds. The summed E-state index contributed by atoms with van der Waals surface area (Å²) in [7, 11) is 0. The van der Waals surface area contributed by atoms with E-state index in [0.29, 0.717) is 20.0 Å². The van der Waals surface area contributed by atoms with Crippen molar-refractivity contribution in [3.05, 3.63) is 85.7 Å². The monoisotopic (exact) mass is 492 g/mol. The molecule has 1 aromatic heterocycles. The third-order valence-corrected chi connectivity index (χ3v) is 7.96. The Bertz CT molecular complexity index is 1120. The maximum absolute atomic E-state index is 12.7. The fraction of sp³-hybridized carbons (Fsp3) is 0.0952. The number of carbonyl (C=O) groups is 2. The van der Waals surface area contributed by atoms with Crippen molar-refractivity contribution in [2.45, 2.75) is 16.6 Å². The molecule has 0 atom stereocenters. The minimum atomic E-state index is -0.331. The Kier molecular flexibility index (Phi) is 6.85. The summed E-state index contributed by atoms with van der Waals surface area (Å²) in [5.74, 6) is 0.449. The molecular formula is C21H14Cl2N2O2S3. The molecule has 9 heteroatoms. The van der Waals surface area contributed by atoms with Crippen molar-refractivity contribution < 1.29 is 9.59 Å². The number of amides is 2. The first-order chi connectivity index (χ1) is 14.5. The van der Waals surface area contributed by atoms with Gasteiger partial charge in [-0.1, -0.05) is 77.4 Å². The summed E-state index contributed by atoms with van der Waals surface area (Å²) in [5, 5.41) is 0.633. The van der Waals surface area contributed by atoms with E-state index in [1.165, 1.54) is 21.8 Å². The Morgan fingerprint density at radius 1 is 1.00 bits per heavy atom. The molecule has 1 aliphatic heterocycles. The van der Waals surface area contributed by atoms with Gasteiger partial charge in [-0.25, -0.2) is 4.98 Å². The molecule has 2 aromatic carbocycles. The molecule has 1 aliphatic rings. The average Bonchev–Trinajstić information content (AvgIpc) is 3.22. The number of imide groups is 1. The van der Waals surface area contributed by atoms with Gasteiger partial charge in [0.05, 0.1) is 16.3 Å². The van der Waals surface area contributed by atoms with Crippen LogP contribution in [0, 0.1) is 0 Å². The third kappa shape index (κ3) is 5.10. The van der Waals surface area contributed by atoms with Crippen molar-refractivity contribution in [2.24, 2.45) is 0 Å². The van der Waals surface area contributed by atoms with Gasteiger partial charge < -0.3 is 0 Å².